The van der Waals surface area contributed by atoms with Crippen molar-refractivity contribution in [2.24, 2.45) is 0 Å². The number of carbonyl (C=O) groups excluding carboxylic acids is 1. The van der Waals surface area contributed by atoms with Crippen molar-refractivity contribution in [3.05, 3.63) is 12.4 Å². The molecule has 1 aliphatic heterocycles. The van der Waals surface area contributed by atoms with E-state index in [4.69, 9.17) is 0 Å². The molecule has 0 spiro atoms. The van der Waals surface area contributed by atoms with Crippen LogP contribution >= 0.6 is 0 Å². The highest BCUT2D eigenvalue weighted by Gasteiger charge is 2.21. The first kappa shape index (κ1) is 11.8. The number of rotatable bonds is 4. The van der Waals surface area contributed by atoms with Crippen LogP contribution in [0.3, 0.4) is 0 Å². The second kappa shape index (κ2) is 5.12. The van der Waals surface area contributed by atoms with E-state index in [0.29, 0.717) is 13.0 Å². The molecule has 0 N–H and O–H groups in total. The molecule has 5 nitrogen and oxygen atoms in total. The van der Waals surface area contributed by atoms with Crippen LogP contribution in [0.25, 0.3) is 0 Å². The summed E-state index contributed by atoms with van der Waals surface area (Å²) in [5, 5.41) is 0. The van der Waals surface area contributed by atoms with E-state index in [1.165, 1.54) is 0 Å². The second-order valence-corrected chi connectivity index (χ2v) is 4.37. The number of nitrogens with zero attached hydrogens (tertiary/aromatic N) is 4. The average molecular weight is 234 g/mol. The normalized spacial score (nSPS) is 15.4. The highest BCUT2D eigenvalue weighted by Crippen LogP contribution is 2.19. The van der Waals surface area contributed by atoms with Gasteiger partial charge >= 0.3 is 0 Å². The maximum atomic E-state index is 11.3. The first-order chi connectivity index (χ1) is 8.20. The van der Waals surface area contributed by atoms with Crippen molar-refractivity contribution in [2.75, 3.05) is 36.5 Å². The van der Waals surface area contributed by atoms with Gasteiger partial charge in [0.2, 0.25) is 0 Å². The molecule has 92 valence electrons. The number of hydrogen-bond acceptors (Lipinski definition) is 5. The summed E-state index contributed by atoms with van der Waals surface area (Å²) in [6, 6.07) is 1.95. The van der Waals surface area contributed by atoms with E-state index in [9.17, 15) is 4.79 Å². The summed E-state index contributed by atoms with van der Waals surface area (Å²) < 4.78 is 0. The van der Waals surface area contributed by atoms with Crippen LogP contribution in [-0.4, -0.2) is 42.4 Å². The van der Waals surface area contributed by atoms with Crippen molar-refractivity contribution in [3.63, 3.8) is 0 Å². The highest BCUT2D eigenvalue weighted by molar-refractivity contribution is 5.86. The van der Waals surface area contributed by atoms with Gasteiger partial charge in [-0.15, -0.1) is 0 Å². The summed E-state index contributed by atoms with van der Waals surface area (Å²) in [5.74, 6) is 2.05. The maximum Gasteiger partial charge on any atom is 0.153 e. The van der Waals surface area contributed by atoms with Gasteiger partial charge in [0.15, 0.2) is 5.78 Å². The monoisotopic (exact) mass is 234 g/mol. The molecule has 1 aromatic heterocycles. The number of ketones is 1. The zero-order valence-corrected chi connectivity index (χ0v) is 10.4. The van der Waals surface area contributed by atoms with Crippen molar-refractivity contribution in [3.8, 4) is 0 Å². The molecule has 0 aromatic carbocycles. The molecule has 1 fully saturated rings. The average Bonchev–Trinajstić information content (AvgIpc) is 2.76. The minimum atomic E-state index is 0.284. The largest absolute Gasteiger partial charge is 0.360 e. The Morgan fingerprint density at radius 2 is 2.29 bits per heavy atom. The fraction of sp³-hybridized carbons (Fsp3) is 0.583. The predicted molar refractivity (Wildman–Crippen MR) is 67.4 cm³/mol. The van der Waals surface area contributed by atoms with Gasteiger partial charge in [0.25, 0.3) is 0 Å². The van der Waals surface area contributed by atoms with Crippen LogP contribution in [0.5, 0.6) is 0 Å². The van der Waals surface area contributed by atoms with Crippen LogP contribution in [0.15, 0.2) is 12.4 Å². The highest BCUT2D eigenvalue weighted by atomic mass is 16.1. The topological polar surface area (TPSA) is 49.3 Å². The molecule has 17 heavy (non-hydrogen) atoms. The summed E-state index contributed by atoms with van der Waals surface area (Å²) in [5.41, 5.74) is 0. The lowest BCUT2D eigenvalue weighted by Crippen LogP contribution is -2.23. The molecule has 5 heteroatoms. The van der Waals surface area contributed by atoms with E-state index in [2.05, 4.69) is 21.8 Å². The van der Waals surface area contributed by atoms with Gasteiger partial charge in [-0.2, -0.15) is 0 Å². The van der Waals surface area contributed by atoms with Crippen LogP contribution in [-0.2, 0) is 4.79 Å². The van der Waals surface area contributed by atoms with Gasteiger partial charge in [-0.25, -0.2) is 9.97 Å². The Hall–Kier alpha value is -1.65. The quantitative estimate of drug-likeness (QED) is 0.781. The van der Waals surface area contributed by atoms with Gasteiger partial charge in [0.05, 0.1) is 6.54 Å². The Morgan fingerprint density at radius 1 is 1.47 bits per heavy atom. The molecule has 0 saturated carbocycles. The van der Waals surface area contributed by atoms with Crippen LogP contribution in [0.1, 0.15) is 19.8 Å². The van der Waals surface area contributed by atoms with Gasteiger partial charge in [0, 0.05) is 32.6 Å². The zero-order chi connectivity index (χ0) is 12.3. The third kappa shape index (κ3) is 2.72. The first-order valence-electron chi connectivity index (χ1n) is 6.00. The Bertz CT molecular complexity index is 407. The second-order valence-electron chi connectivity index (χ2n) is 4.37. The van der Waals surface area contributed by atoms with Crippen molar-refractivity contribution >= 4 is 17.4 Å². The van der Waals surface area contributed by atoms with E-state index in [-0.39, 0.29) is 5.78 Å². The van der Waals surface area contributed by atoms with E-state index < -0.39 is 0 Å². The molecule has 0 aliphatic carbocycles. The van der Waals surface area contributed by atoms with Crippen LogP contribution in [0, 0.1) is 0 Å². The van der Waals surface area contributed by atoms with Gasteiger partial charge in [-0.05, 0) is 6.42 Å². The Labute approximate surface area is 101 Å². The first-order valence-corrected chi connectivity index (χ1v) is 6.00. The molecule has 1 aliphatic rings. The van der Waals surface area contributed by atoms with Crippen molar-refractivity contribution in [1.82, 2.24) is 9.97 Å². The predicted octanol–water partition coefficient (Wildman–Crippen LogP) is 1.10. The minimum absolute atomic E-state index is 0.284. The lowest BCUT2D eigenvalue weighted by molar-refractivity contribution is -0.116. The SMILES string of the molecule is CCCN(C)c1cc(N2CCC(=O)C2)ncn1. The Balaban J connectivity index is 2.13. The summed E-state index contributed by atoms with van der Waals surface area (Å²) in [4.78, 5) is 23.8. The Kier molecular flexibility index (Phi) is 3.56. The lowest BCUT2D eigenvalue weighted by Gasteiger charge is -2.20. The molecular formula is C12H18N4O. The molecule has 2 rings (SSSR count). The zero-order valence-electron chi connectivity index (χ0n) is 10.4. The van der Waals surface area contributed by atoms with E-state index in [1.807, 2.05) is 18.0 Å². The minimum Gasteiger partial charge on any atom is -0.360 e. The number of hydrogen-bond donors (Lipinski definition) is 0. The van der Waals surface area contributed by atoms with Gasteiger partial charge in [-0.1, -0.05) is 6.92 Å². The van der Waals surface area contributed by atoms with Crippen LogP contribution in [0.4, 0.5) is 11.6 Å². The molecule has 0 bridgehead atoms. The third-order valence-corrected chi connectivity index (χ3v) is 2.94. The van der Waals surface area contributed by atoms with E-state index in [1.54, 1.807) is 6.33 Å². The molecule has 1 aromatic rings. The molecular weight excluding hydrogens is 216 g/mol. The maximum absolute atomic E-state index is 11.3. The molecule has 2 heterocycles. The van der Waals surface area contributed by atoms with Crippen molar-refractivity contribution in [1.29, 1.82) is 0 Å². The molecule has 0 atom stereocenters. The fourth-order valence-corrected chi connectivity index (χ4v) is 2.00. The number of anilines is 2. The summed E-state index contributed by atoms with van der Waals surface area (Å²) in [7, 11) is 2.02. The standard InChI is InChI=1S/C12H18N4O/c1-3-5-15(2)11-7-12(14-9-13-11)16-6-4-10(17)8-16/h7,9H,3-6,8H2,1-2H3. The van der Waals surface area contributed by atoms with Crippen LogP contribution < -0.4 is 9.80 Å². The number of Topliss-reactive ketones (excluding diaryl/α,β-unsaturated/α-hetero) is 1. The molecule has 1 saturated heterocycles. The Morgan fingerprint density at radius 3 is 2.94 bits per heavy atom. The van der Waals surface area contributed by atoms with Gasteiger partial charge in [-0.3, -0.25) is 4.79 Å². The van der Waals surface area contributed by atoms with Gasteiger partial charge in [0.1, 0.15) is 18.0 Å². The lowest BCUT2D eigenvalue weighted by atomic mass is 10.4. The molecule has 0 amide bonds. The van der Waals surface area contributed by atoms with E-state index in [0.717, 1.165) is 31.1 Å². The summed E-state index contributed by atoms with van der Waals surface area (Å²) in [6.45, 7) is 4.36. The van der Waals surface area contributed by atoms with Crippen LogP contribution in [0.2, 0.25) is 0 Å². The van der Waals surface area contributed by atoms with Crippen molar-refractivity contribution < 1.29 is 4.79 Å². The third-order valence-electron chi connectivity index (χ3n) is 2.94. The van der Waals surface area contributed by atoms with Crippen molar-refractivity contribution in [2.45, 2.75) is 19.8 Å². The fourth-order valence-electron chi connectivity index (χ4n) is 2.00. The molecule has 0 unspecified atom stereocenters. The molecule has 0 radical (unpaired) electrons. The summed E-state index contributed by atoms with van der Waals surface area (Å²) >= 11 is 0. The number of aromatic nitrogens is 2. The van der Waals surface area contributed by atoms with Gasteiger partial charge < -0.3 is 9.80 Å². The summed E-state index contributed by atoms with van der Waals surface area (Å²) in [6.07, 6.45) is 3.28. The van der Waals surface area contributed by atoms with E-state index >= 15 is 0 Å². The number of carbonyl (C=O) groups is 1. The smallest absolute Gasteiger partial charge is 0.153 e.